The first-order valence-corrected chi connectivity index (χ1v) is 12.9. The van der Waals surface area contributed by atoms with Gasteiger partial charge in [-0.3, -0.25) is 4.79 Å². The van der Waals surface area contributed by atoms with Gasteiger partial charge in [0.1, 0.15) is 22.7 Å². The number of anilines is 2. The number of benzene rings is 1. The van der Waals surface area contributed by atoms with Crippen LogP contribution in [0.5, 0.6) is 5.75 Å². The molecular formula is C26H33N5O2S. The normalized spacial score (nSPS) is 21.2. The number of nitrogens with zero attached hydrogens (tertiary/aromatic N) is 5. The number of hydrogen-bond donors (Lipinski definition) is 0. The first-order chi connectivity index (χ1) is 16.4. The number of aryl methyl sites for hydroxylation is 1. The summed E-state index contributed by atoms with van der Waals surface area (Å²) in [5.41, 5.74) is 2.22. The number of aromatic nitrogens is 2. The van der Waals surface area contributed by atoms with Crippen molar-refractivity contribution in [2.24, 2.45) is 11.8 Å². The summed E-state index contributed by atoms with van der Waals surface area (Å²) in [5.74, 6) is 3.05. The first kappa shape index (κ1) is 22.9. The molecule has 180 valence electrons. The largest absolute Gasteiger partial charge is 0.497 e. The molecule has 1 aromatic carbocycles. The predicted octanol–water partition coefficient (Wildman–Crippen LogP) is 4.45. The molecule has 0 N–H and O–H groups in total. The smallest absolute Gasteiger partial charge is 0.264 e. The van der Waals surface area contributed by atoms with Crippen molar-refractivity contribution in [3.05, 3.63) is 41.0 Å². The SMILES string of the molecule is COc1ccc(N2CCN(c3ncnc4sc(C(=O)N5C[C@@H](C)C[C@H](C)C5)c(C)c34)CC2)cc1. The average Bonchev–Trinajstić information content (AvgIpc) is 3.19. The lowest BCUT2D eigenvalue weighted by Gasteiger charge is -2.37. The Hall–Kier alpha value is -2.87. The summed E-state index contributed by atoms with van der Waals surface area (Å²) in [4.78, 5) is 31.2. The van der Waals surface area contributed by atoms with E-state index in [1.165, 1.54) is 23.4 Å². The van der Waals surface area contributed by atoms with Crippen molar-refractivity contribution in [3.8, 4) is 5.75 Å². The number of fused-ring (bicyclic) bond motifs is 1. The number of methoxy groups -OCH3 is 1. The summed E-state index contributed by atoms with van der Waals surface area (Å²) in [6, 6.07) is 8.24. The van der Waals surface area contributed by atoms with Crippen LogP contribution in [0.25, 0.3) is 10.2 Å². The Labute approximate surface area is 205 Å². The minimum absolute atomic E-state index is 0.147. The highest BCUT2D eigenvalue weighted by Crippen LogP contribution is 2.37. The van der Waals surface area contributed by atoms with Crippen molar-refractivity contribution in [3.63, 3.8) is 0 Å². The van der Waals surface area contributed by atoms with E-state index in [1.807, 2.05) is 17.0 Å². The predicted molar refractivity (Wildman–Crippen MR) is 138 cm³/mol. The van der Waals surface area contributed by atoms with Gasteiger partial charge in [-0.25, -0.2) is 9.97 Å². The maximum Gasteiger partial charge on any atom is 0.264 e. The molecule has 2 aromatic heterocycles. The number of rotatable bonds is 4. The summed E-state index contributed by atoms with van der Waals surface area (Å²) in [5, 5.41) is 1.03. The van der Waals surface area contributed by atoms with Crippen molar-refractivity contribution < 1.29 is 9.53 Å². The van der Waals surface area contributed by atoms with Crippen LogP contribution >= 0.6 is 11.3 Å². The van der Waals surface area contributed by atoms with Gasteiger partial charge >= 0.3 is 0 Å². The second-order valence-electron chi connectivity index (χ2n) is 9.76. The van der Waals surface area contributed by atoms with E-state index in [1.54, 1.807) is 13.4 Å². The van der Waals surface area contributed by atoms with Crippen LogP contribution in [0.3, 0.4) is 0 Å². The molecule has 2 saturated heterocycles. The van der Waals surface area contributed by atoms with Crippen molar-refractivity contribution in [1.29, 1.82) is 0 Å². The van der Waals surface area contributed by atoms with E-state index >= 15 is 0 Å². The molecule has 1 amide bonds. The van der Waals surface area contributed by atoms with E-state index in [9.17, 15) is 4.79 Å². The second kappa shape index (κ2) is 9.41. The van der Waals surface area contributed by atoms with Crippen molar-refractivity contribution in [1.82, 2.24) is 14.9 Å². The minimum atomic E-state index is 0.147. The molecule has 0 saturated carbocycles. The Balaban J connectivity index is 1.36. The van der Waals surface area contributed by atoms with E-state index in [4.69, 9.17) is 4.74 Å². The third kappa shape index (κ3) is 4.31. The number of likely N-dealkylation sites (tertiary alicyclic amines) is 1. The van der Waals surface area contributed by atoms with E-state index < -0.39 is 0 Å². The highest BCUT2D eigenvalue weighted by Gasteiger charge is 2.30. The van der Waals surface area contributed by atoms with Gasteiger partial charge in [0.15, 0.2) is 0 Å². The highest BCUT2D eigenvalue weighted by molar-refractivity contribution is 7.20. The molecule has 0 radical (unpaired) electrons. The van der Waals surface area contributed by atoms with Crippen LogP contribution in [0.15, 0.2) is 30.6 Å². The van der Waals surface area contributed by atoms with Crippen LogP contribution < -0.4 is 14.5 Å². The monoisotopic (exact) mass is 479 g/mol. The first-order valence-electron chi connectivity index (χ1n) is 12.1. The van der Waals surface area contributed by atoms with E-state index in [0.717, 1.165) is 71.5 Å². The Morgan fingerprint density at radius 3 is 2.29 bits per heavy atom. The Bertz CT molecular complexity index is 1160. The van der Waals surface area contributed by atoms with Crippen LogP contribution in [0.4, 0.5) is 11.5 Å². The van der Waals surface area contributed by atoms with Gasteiger partial charge < -0.3 is 19.4 Å². The van der Waals surface area contributed by atoms with Crippen molar-refractivity contribution >= 4 is 39.0 Å². The van der Waals surface area contributed by atoms with E-state index in [2.05, 4.69) is 52.7 Å². The van der Waals surface area contributed by atoms with Crippen molar-refractivity contribution in [2.75, 3.05) is 56.2 Å². The van der Waals surface area contributed by atoms with Gasteiger partial charge in [-0.15, -0.1) is 11.3 Å². The fraction of sp³-hybridized carbons (Fsp3) is 0.500. The number of carbonyl (C=O) groups excluding carboxylic acids is 1. The lowest BCUT2D eigenvalue weighted by atomic mass is 9.92. The number of piperidine rings is 1. The highest BCUT2D eigenvalue weighted by atomic mass is 32.1. The lowest BCUT2D eigenvalue weighted by molar-refractivity contribution is 0.0627. The number of piperazine rings is 1. The Morgan fingerprint density at radius 2 is 1.65 bits per heavy atom. The molecule has 7 nitrogen and oxygen atoms in total. The number of carbonyl (C=O) groups is 1. The molecule has 34 heavy (non-hydrogen) atoms. The van der Waals surface area contributed by atoms with Crippen LogP contribution in [-0.2, 0) is 0 Å². The standard InChI is InChI=1S/C26H33N5O2S/c1-17-13-18(2)15-31(14-17)26(32)23-19(3)22-24(27-16-28-25(22)34-23)30-11-9-29(10-12-30)20-5-7-21(33-4)8-6-20/h5-8,16-18H,9-15H2,1-4H3/t17-,18-/m0/s1. The maximum absolute atomic E-state index is 13.5. The zero-order valence-corrected chi connectivity index (χ0v) is 21.3. The second-order valence-corrected chi connectivity index (χ2v) is 10.8. The molecule has 0 aliphatic carbocycles. The van der Waals surface area contributed by atoms with Gasteiger partial charge in [0.25, 0.3) is 5.91 Å². The van der Waals surface area contributed by atoms with Gasteiger partial charge in [0, 0.05) is 45.0 Å². The lowest BCUT2D eigenvalue weighted by Crippen LogP contribution is -2.47. The summed E-state index contributed by atoms with van der Waals surface area (Å²) in [7, 11) is 1.69. The third-order valence-electron chi connectivity index (χ3n) is 7.07. The molecule has 0 bridgehead atoms. The van der Waals surface area contributed by atoms with Gasteiger partial charge in [-0.2, -0.15) is 0 Å². The average molecular weight is 480 g/mol. The number of thiophene rings is 1. The van der Waals surface area contributed by atoms with Crippen LogP contribution in [-0.4, -0.2) is 67.2 Å². The summed E-state index contributed by atoms with van der Waals surface area (Å²) in [6.45, 7) is 11.8. The topological polar surface area (TPSA) is 61.8 Å². The van der Waals surface area contributed by atoms with Gasteiger partial charge in [-0.1, -0.05) is 13.8 Å². The van der Waals surface area contributed by atoms with Gasteiger partial charge in [-0.05, 0) is 55.0 Å². The number of ether oxygens (including phenoxy) is 1. The molecule has 0 unspecified atom stereocenters. The number of hydrogen-bond acceptors (Lipinski definition) is 7. The molecule has 3 aromatic rings. The Morgan fingerprint density at radius 1 is 1.00 bits per heavy atom. The van der Waals surface area contributed by atoms with E-state index in [0.29, 0.717) is 11.8 Å². The fourth-order valence-corrected chi connectivity index (χ4v) is 6.55. The van der Waals surface area contributed by atoms with Crippen LogP contribution in [0.2, 0.25) is 0 Å². The fourth-order valence-electron chi connectivity index (χ4n) is 5.44. The third-order valence-corrected chi connectivity index (χ3v) is 8.26. The molecule has 2 aliphatic heterocycles. The Kier molecular flexibility index (Phi) is 6.34. The molecule has 8 heteroatoms. The summed E-state index contributed by atoms with van der Waals surface area (Å²) >= 11 is 1.52. The minimum Gasteiger partial charge on any atom is -0.497 e. The zero-order valence-electron chi connectivity index (χ0n) is 20.5. The van der Waals surface area contributed by atoms with Gasteiger partial charge in [0.2, 0.25) is 0 Å². The molecule has 2 aliphatic rings. The van der Waals surface area contributed by atoms with Crippen LogP contribution in [0, 0.1) is 18.8 Å². The summed E-state index contributed by atoms with van der Waals surface area (Å²) in [6.07, 6.45) is 2.83. The molecule has 5 rings (SSSR count). The summed E-state index contributed by atoms with van der Waals surface area (Å²) < 4.78 is 5.28. The molecule has 2 atom stereocenters. The van der Waals surface area contributed by atoms with Crippen molar-refractivity contribution in [2.45, 2.75) is 27.2 Å². The molecule has 2 fully saturated rings. The number of amides is 1. The molecular weight excluding hydrogens is 446 g/mol. The zero-order chi connectivity index (χ0) is 23.8. The van der Waals surface area contributed by atoms with E-state index in [-0.39, 0.29) is 5.91 Å². The quantitative estimate of drug-likeness (QED) is 0.551. The van der Waals surface area contributed by atoms with Gasteiger partial charge in [0.05, 0.1) is 17.4 Å². The molecule has 4 heterocycles. The molecule has 0 spiro atoms. The maximum atomic E-state index is 13.5. The van der Waals surface area contributed by atoms with Crippen LogP contribution in [0.1, 0.15) is 35.5 Å².